The first-order valence-corrected chi connectivity index (χ1v) is 3.46. The Bertz CT molecular complexity index is 14.9. The van der Waals surface area contributed by atoms with E-state index in [1.807, 2.05) is 62.8 Å². The summed E-state index contributed by atoms with van der Waals surface area (Å²) in [6.07, 6.45) is 0. The highest BCUT2D eigenvalue weighted by atomic mass is 13.0. The molecule has 0 aliphatic rings. The lowest BCUT2D eigenvalue weighted by molar-refractivity contribution is 2.14. The fourth-order valence-corrected chi connectivity index (χ4v) is 0. The van der Waals surface area contributed by atoms with E-state index in [9.17, 15) is 0 Å². The Morgan fingerprint density at radius 2 is 0.385 bits per heavy atom. The molecule has 0 atom stereocenters. The number of hydrogen-bond donors (Lipinski definition) is 0. The van der Waals surface area contributed by atoms with E-state index < -0.39 is 0 Å². The maximum absolute atomic E-state index is 2.00. The van der Waals surface area contributed by atoms with Gasteiger partial charge in [0.1, 0.15) is 21.8 Å². The molecule has 0 rings (SSSR count). The third kappa shape index (κ3) is 33400. The van der Waals surface area contributed by atoms with E-state index in [1.54, 1.807) is 0 Å². The predicted molar refractivity (Wildman–Crippen MR) is 79.4 cm³/mol. The van der Waals surface area contributed by atoms with Crippen LogP contribution in [-0.4, -0.2) is 21.8 Å². The second-order valence-corrected chi connectivity index (χ2v) is 1.73. The second kappa shape index (κ2) is 150. The van der Waals surface area contributed by atoms with Crippen LogP contribution in [0, 0.1) is 0 Å². The summed E-state index contributed by atoms with van der Waals surface area (Å²) in [4.78, 5) is 0. The first-order chi connectivity index (χ1) is 4.24. The lowest BCUT2D eigenvalue weighted by Gasteiger charge is -1.41. The minimum absolute atomic E-state index is 0. The van der Waals surface area contributed by atoms with Gasteiger partial charge in [-0.3, -0.25) is 0 Å². The van der Waals surface area contributed by atoms with Crippen LogP contribution in [0.2, 0.25) is 40.9 Å². The fraction of sp³-hybridized carbons (Fsp3) is 1.00. The van der Waals surface area contributed by atoms with E-state index >= 15 is 0 Å². The maximum atomic E-state index is 2.00. The smallest absolute Gasteiger partial charge is 0.0922 e. The Hall–Kier alpha value is 0.195. The Morgan fingerprint density at radius 3 is 0.385 bits per heavy atom. The van der Waals surface area contributed by atoms with Crippen LogP contribution in [-0.2, 0) is 0 Å². The van der Waals surface area contributed by atoms with Gasteiger partial charge in [-0.15, -0.1) is 0 Å². The minimum Gasteiger partial charge on any atom is -0.0922 e. The highest BCUT2D eigenvalue weighted by Gasteiger charge is 1.43. The van der Waals surface area contributed by atoms with E-state index in [4.69, 9.17) is 0 Å². The van der Waals surface area contributed by atoms with Crippen LogP contribution in [0.1, 0.15) is 29.7 Å². The molecule has 0 heterocycles. The first kappa shape index (κ1) is 51.1. The summed E-state index contributed by atoms with van der Waals surface area (Å²) in [5.41, 5.74) is 0. The van der Waals surface area contributed by atoms with Gasteiger partial charge >= 0.3 is 0 Å². The van der Waals surface area contributed by atoms with Crippen molar-refractivity contribution in [1.29, 1.82) is 0 Å². The topological polar surface area (TPSA) is 0 Å². The van der Waals surface area contributed by atoms with Crippen molar-refractivity contribution in [2.45, 2.75) is 70.6 Å². The molecule has 13 heavy (non-hydrogen) atoms. The van der Waals surface area contributed by atoms with Gasteiger partial charge in [-0.1, -0.05) is 70.6 Å². The molecule has 0 saturated heterocycles. The molecule has 0 amide bonds. The number of rotatable bonds is 0. The lowest BCUT2D eigenvalue weighted by atomic mass is 9.88. The van der Waals surface area contributed by atoms with Crippen LogP contribution in [0.3, 0.4) is 0 Å². The molecule has 83 valence electrons. The summed E-state index contributed by atoms with van der Waals surface area (Å²) in [6, 6.07) is 0. The van der Waals surface area contributed by atoms with Gasteiger partial charge in [-0.2, -0.15) is 0 Å². The molecule has 0 fully saturated rings. The summed E-state index contributed by atoms with van der Waals surface area (Å²) < 4.78 is 0. The molecule has 3 heteroatoms. The van der Waals surface area contributed by atoms with Crippen molar-refractivity contribution in [2.24, 2.45) is 0 Å². The van der Waals surface area contributed by atoms with Gasteiger partial charge in [0.05, 0.1) is 0 Å². The van der Waals surface area contributed by atoms with Crippen LogP contribution in [0.5, 0.6) is 0 Å². The van der Waals surface area contributed by atoms with Crippen molar-refractivity contribution >= 4 is 21.8 Å². The van der Waals surface area contributed by atoms with Crippen molar-refractivity contribution in [3.8, 4) is 0 Å². The molecule has 0 unspecified atom stereocenters. The highest BCUT2D eigenvalue weighted by molar-refractivity contribution is 6.31. The molecule has 0 N–H and O–H groups in total. The average molecular weight is 187 g/mol. The summed E-state index contributed by atoms with van der Waals surface area (Å²) in [5, 5.41) is 0. The Balaban J connectivity index is -0.00000000720. The molecule has 0 aromatic heterocycles. The van der Waals surface area contributed by atoms with Crippen molar-refractivity contribution in [3.63, 3.8) is 0 Å². The van der Waals surface area contributed by atoms with Gasteiger partial charge in [0, 0.05) is 0 Å². The van der Waals surface area contributed by atoms with E-state index in [2.05, 4.69) is 0 Å². The third-order valence-corrected chi connectivity index (χ3v) is 0. The van der Waals surface area contributed by atoms with Crippen LogP contribution < -0.4 is 0 Å². The minimum atomic E-state index is 0. The van der Waals surface area contributed by atoms with Gasteiger partial charge in [0.2, 0.25) is 0 Å². The molecule has 0 aromatic carbocycles. The quantitative estimate of drug-likeness (QED) is 0.472. The predicted octanol–water partition coefficient (Wildman–Crippen LogP) is 4.90. The summed E-state index contributed by atoms with van der Waals surface area (Å²) >= 11 is 0. The molecule has 0 aromatic rings. The van der Waals surface area contributed by atoms with E-state index in [0.717, 1.165) is 0 Å². The van der Waals surface area contributed by atoms with Crippen LogP contribution in [0.4, 0.5) is 0 Å². The monoisotopic (exact) mass is 187 g/mol. The van der Waals surface area contributed by atoms with Gasteiger partial charge < -0.3 is 0 Å². The van der Waals surface area contributed by atoms with Gasteiger partial charge in [0.15, 0.2) is 0 Å². The fourth-order valence-electron chi connectivity index (χ4n) is 0. The van der Waals surface area contributed by atoms with Crippen LogP contribution >= 0.6 is 0 Å². The van der Waals surface area contributed by atoms with Crippen molar-refractivity contribution in [3.05, 3.63) is 0 Å². The average Bonchev–Trinajstić information content (AvgIpc) is 1.70. The zero-order valence-corrected chi connectivity index (χ0v) is 7.73. The molecular formula is C10H34B3. The molecule has 0 spiro atoms. The highest BCUT2D eigenvalue weighted by Crippen LogP contribution is 1.37. The van der Waals surface area contributed by atoms with E-state index in [1.165, 1.54) is 0 Å². The molecule has 3 radical (unpaired) electrons. The maximum Gasteiger partial charge on any atom is 0.102 e. The summed E-state index contributed by atoms with van der Waals surface area (Å²) in [7, 11) is 6.00. The molecule has 0 aliphatic carbocycles. The largest absolute Gasteiger partial charge is 0.102 e. The number of hydrogen-bond acceptors (Lipinski definition) is 0. The van der Waals surface area contributed by atoms with Gasteiger partial charge in [-0.25, -0.2) is 0 Å². The Morgan fingerprint density at radius 1 is 0.385 bits per heavy atom. The molecule has 0 aliphatic heterocycles. The SMILES string of the molecule is C.C.C.C.C[B]C.C[B]C.C[B]C. The van der Waals surface area contributed by atoms with Crippen molar-refractivity contribution < 1.29 is 0 Å². The Labute approximate surface area is 93.0 Å². The normalized spacial score (nSPS) is 3.23. The Kier molecular flexibility index (Phi) is 589. The summed E-state index contributed by atoms with van der Waals surface area (Å²) in [6.45, 7) is 12.0. The van der Waals surface area contributed by atoms with Crippen molar-refractivity contribution in [2.75, 3.05) is 0 Å². The molecule has 0 saturated carbocycles. The third-order valence-electron chi connectivity index (χ3n) is 0. The van der Waals surface area contributed by atoms with Gasteiger partial charge in [0.25, 0.3) is 0 Å². The van der Waals surface area contributed by atoms with Crippen molar-refractivity contribution in [1.82, 2.24) is 0 Å². The molecule has 0 bridgehead atoms. The standard InChI is InChI=1S/3C2H6B.4CH4/c3*1-3-2;;;;/h3*1-2H3;4*1H4. The lowest BCUT2D eigenvalue weighted by Crippen LogP contribution is -1.53. The van der Waals surface area contributed by atoms with Crippen LogP contribution in [0.15, 0.2) is 0 Å². The second-order valence-electron chi connectivity index (χ2n) is 1.73. The molecule has 0 nitrogen and oxygen atoms in total. The summed E-state index contributed by atoms with van der Waals surface area (Å²) in [5.74, 6) is 0. The van der Waals surface area contributed by atoms with E-state index in [0.29, 0.717) is 0 Å². The molecular weight excluding hydrogens is 153 g/mol. The zero-order valence-electron chi connectivity index (χ0n) is 7.73. The van der Waals surface area contributed by atoms with Gasteiger partial charge in [-0.05, 0) is 0 Å². The zero-order chi connectivity index (χ0) is 8.12. The van der Waals surface area contributed by atoms with E-state index in [-0.39, 0.29) is 29.7 Å². The van der Waals surface area contributed by atoms with Crippen LogP contribution in [0.25, 0.3) is 0 Å². The first-order valence-electron chi connectivity index (χ1n) is 3.46.